The van der Waals surface area contributed by atoms with Gasteiger partial charge in [0.05, 0.1) is 17.2 Å². The molecule has 0 aromatic heterocycles. The molecule has 0 aliphatic carbocycles. The van der Waals surface area contributed by atoms with Gasteiger partial charge in [-0.2, -0.15) is 5.26 Å². The highest BCUT2D eigenvalue weighted by Crippen LogP contribution is 2.27. The Bertz CT molecular complexity index is 517. The smallest absolute Gasteiger partial charge is 0.254 e. The number of nitriles is 1. The van der Waals surface area contributed by atoms with Gasteiger partial charge < -0.3 is 10.0 Å². The van der Waals surface area contributed by atoms with Crippen molar-refractivity contribution >= 4 is 5.91 Å². The number of β-amino-alcohol motifs (C(OH)–C–C–N with tert-alkyl or cyclic N) is 1. The number of likely N-dealkylation sites (tertiary alicyclic amines) is 1. The van der Waals surface area contributed by atoms with Crippen LogP contribution in [0, 0.1) is 17.2 Å². The summed E-state index contributed by atoms with van der Waals surface area (Å²) >= 11 is 0. The van der Waals surface area contributed by atoms with Gasteiger partial charge in [0, 0.05) is 24.6 Å². The Morgan fingerprint density at radius 2 is 2.33 bits per heavy atom. The number of carbonyl (C=O) groups is 1. The van der Waals surface area contributed by atoms with E-state index in [2.05, 4.69) is 0 Å². The maximum absolute atomic E-state index is 12.3. The molecule has 2 rings (SSSR count). The lowest BCUT2D eigenvalue weighted by Gasteiger charge is -2.20. The Balaban J connectivity index is 2.21. The zero-order valence-corrected chi connectivity index (χ0v) is 10.6. The Hall–Kier alpha value is -1.86. The van der Waals surface area contributed by atoms with Crippen LogP contribution in [-0.2, 0) is 0 Å². The monoisotopic (exact) mass is 244 g/mol. The topological polar surface area (TPSA) is 64.3 Å². The Morgan fingerprint density at radius 1 is 1.61 bits per heavy atom. The first kappa shape index (κ1) is 12.6. The van der Waals surface area contributed by atoms with Gasteiger partial charge in [0.1, 0.15) is 0 Å². The minimum Gasteiger partial charge on any atom is -0.388 e. The van der Waals surface area contributed by atoms with Crippen LogP contribution >= 0.6 is 0 Å². The summed E-state index contributed by atoms with van der Waals surface area (Å²) in [5.74, 6) is -0.0719. The van der Waals surface area contributed by atoms with Crippen molar-refractivity contribution in [1.29, 1.82) is 5.26 Å². The highest BCUT2D eigenvalue weighted by molar-refractivity contribution is 5.94. The third-order valence-electron chi connectivity index (χ3n) is 3.59. The first-order valence-corrected chi connectivity index (χ1v) is 5.96. The predicted octanol–water partition coefficient (Wildman–Crippen LogP) is 1.40. The number of rotatable bonds is 1. The highest BCUT2D eigenvalue weighted by Gasteiger charge is 2.40. The number of aliphatic hydroxyl groups is 1. The molecule has 1 aliphatic heterocycles. The van der Waals surface area contributed by atoms with Crippen LogP contribution in [0.15, 0.2) is 24.3 Å². The van der Waals surface area contributed by atoms with Crippen molar-refractivity contribution < 1.29 is 9.90 Å². The summed E-state index contributed by atoms with van der Waals surface area (Å²) in [6.07, 6.45) is 0. The molecule has 0 radical (unpaired) electrons. The molecule has 1 aromatic rings. The molecule has 1 N–H and O–H groups in total. The van der Waals surface area contributed by atoms with E-state index in [0.717, 1.165) is 0 Å². The van der Waals surface area contributed by atoms with E-state index in [1.807, 2.05) is 13.0 Å². The van der Waals surface area contributed by atoms with Crippen LogP contribution in [0.3, 0.4) is 0 Å². The lowest BCUT2D eigenvalue weighted by Crippen LogP contribution is -2.35. The van der Waals surface area contributed by atoms with Crippen molar-refractivity contribution in [3.63, 3.8) is 0 Å². The zero-order chi connectivity index (χ0) is 13.3. The van der Waals surface area contributed by atoms with Gasteiger partial charge in [0.15, 0.2) is 0 Å². The van der Waals surface area contributed by atoms with Crippen molar-refractivity contribution in [3.05, 3.63) is 35.4 Å². The van der Waals surface area contributed by atoms with Gasteiger partial charge in [-0.3, -0.25) is 4.79 Å². The van der Waals surface area contributed by atoms with Gasteiger partial charge >= 0.3 is 0 Å². The molecule has 4 heteroatoms. The number of hydrogen-bond acceptors (Lipinski definition) is 3. The van der Waals surface area contributed by atoms with Gasteiger partial charge in [-0.1, -0.05) is 13.0 Å². The van der Waals surface area contributed by atoms with Crippen LogP contribution in [0.2, 0.25) is 0 Å². The van der Waals surface area contributed by atoms with E-state index in [4.69, 9.17) is 5.26 Å². The molecule has 1 aliphatic rings. The Kier molecular flexibility index (Phi) is 3.10. The minimum absolute atomic E-state index is 0.0561. The third kappa shape index (κ3) is 2.22. The summed E-state index contributed by atoms with van der Waals surface area (Å²) in [6.45, 7) is 4.56. The standard InChI is InChI=1S/C14H16N2O2/c1-10-8-16(9-14(10,2)18)13(17)12-5-3-4-11(6-12)7-15/h3-6,10,18H,8-9H2,1-2H3/t10-,14+/m1/s1. The molecule has 1 heterocycles. The number of amides is 1. The first-order valence-electron chi connectivity index (χ1n) is 5.96. The van der Waals surface area contributed by atoms with E-state index in [-0.39, 0.29) is 11.8 Å². The van der Waals surface area contributed by atoms with E-state index in [9.17, 15) is 9.90 Å². The van der Waals surface area contributed by atoms with Crippen molar-refractivity contribution in [3.8, 4) is 6.07 Å². The van der Waals surface area contributed by atoms with E-state index < -0.39 is 5.60 Å². The van der Waals surface area contributed by atoms with Gasteiger partial charge in [-0.05, 0) is 25.1 Å². The minimum atomic E-state index is -0.831. The fourth-order valence-corrected chi connectivity index (χ4v) is 2.19. The van der Waals surface area contributed by atoms with E-state index >= 15 is 0 Å². The van der Waals surface area contributed by atoms with Crippen LogP contribution in [-0.4, -0.2) is 34.6 Å². The predicted molar refractivity (Wildman–Crippen MR) is 66.8 cm³/mol. The van der Waals surface area contributed by atoms with Crippen LogP contribution in [0.5, 0.6) is 0 Å². The summed E-state index contributed by atoms with van der Waals surface area (Å²) in [5.41, 5.74) is 0.140. The van der Waals surface area contributed by atoms with Crippen LogP contribution in [0.1, 0.15) is 29.8 Å². The van der Waals surface area contributed by atoms with Crippen LogP contribution in [0.4, 0.5) is 0 Å². The normalized spacial score (nSPS) is 27.0. The van der Waals surface area contributed by atoms with Gasteiger partial charge in [-0.15, -0.1) is 0 Å². The number of carbonyl (C=O) groups excluding carboxylic acids is 1. The van der Waals surface area contributed by atoms with E-state index in [0.29, 0.717) is 24.2 Å². The van der Waals surface area contributed by atoms with Crippen molar-refractivity contribution in [2.45, 2.75) is 19.4 Å². The summed E-state index contributed by atoms with van der Waals surface area (Å²) in [5, 5.41) is 18.9. The fraction of sp³-hybridized carbons (Fsp3) is 0.429. The Labute approximate surface area is 106 Å². The molecule has 2 atom stereocenters. The maximum atomic E-state index is 12.3. The second-order valence-electron chi connectivity index (χ2n) is 5.14. The molecule has 0 spiro atoms. The highest BCUT2D eigenvalue weighted by atomic mass is 16.3. The van der Waals surface area contributed by atoms with E-state index in [1.54, 1.807) is 36.1 Å². The molecule has 0 bridgehead atoms. The van der Waals surface area contributed by atoms with Crippen molar-refractivity contribution in [2.75, 3.05) is 13.1 Å². The third-order valence-corrected chi connectivity index (χ3v) is 3.59. The SMILES string of the molecule is C[C@@H]1CN(C(=O)c2cccc(C#N)c2)C[C@]1(C)O. The second-order valence-corrected chi connectivity index (χ2v) is 5.14. The van der Waals surface area contributed by atoms with Gasteiger partial charge in [0.25, 0.3) is 5.91 Å². The van der Waals surface area contributed by atoms with Gasteiger partial charge in [-0.25, -0.2) is 0 Å². The van der Waals surface area contributed by atoms with Crippen molar-refractivity contribution in [2.24, 2.45) is 5.92 Å². The second kappa shape index (κ2) is 4.43. The molecular weight excluding hydrogens is 228 g/mol. The zero-order valence-electron chi connectivity index (χ0n) is 10.6. The quantitative estimate of drug-likeness (QED) is 0.812. The lowest BCUT2D eigenvalue weighted by atomic mass is 9.95. The summed E-state index contributed by atoms with van der Waals surface area (Å²) in [7, 11) is 0. The number of nitrogens with zero attached hydrogens (tertiary/aromatic N) is 2. The molecule has 18 heavy (non-hydrogen) atoms. The fourth-order valence-electron chi connectivity index (χ4n) is 2.19. The number of hydrogen-bond donors (Lipinski definition) is 1. The van der Waals surface area contributed by atoms with Crippen LogP contribution < -0.4 is 0 Å². The van der Waals surface area contributed by atoms with Crippen molar-refractivity contribution in [1.82, 2.24) is 4.90 Å². The Morgan fingerprint density at radius 3 is 2.89 bits per heavy atom. The molecule has 1 amide bonds. The average Bonchev–Trinajstić information content (AvgIpc) is 2.63. The molecule has 0 unspecified atom stereocenters. The molecule has 1 fully saturated rings. The molecule has 4 nitrogen and oxygen atoms in total. The molecule has 94 valence electrons. The lowest BCUT2D eigenvalue weighted by molar-refractivity contribution is 0.0351. The average molecular weight is 244 g/mol. The molecule has 1 saturated heterocycles. The van der Waals surface area contributed by atoms with E-state index in [1.165, 1.54) is 0 Å². The summed E-state index contributed by atoms with van der Waals surface area (Å²) in [4.78, 5) is 13.9. The number of benzene rings is 1. The molecular formula is C14H16N2O2. The molecule has 1 aromatic carbocycles. The maximum Gasteiger partial charge on any atom is 0.254 e. The first-order chi connectivity index (χ1) is 8.44. The summed E-state index contributed by atoms with van der Waals surface area (Å²) < 4.78 is 0. The summed E-state index contributed by atoms with van der Waals surface area (Å²) in [6, 6.07) is 8.66. The van der Waals surface area contributed by atoms with Crippen LogP contribution in [0.25, 0.3) is 0 Å². The molecule has 0 saturated carbocycles. The largest absolute Gasteiger partial charge is 0.388 e. The van der Waals surface area contributed by atoms with Gasteiger partial charge in [0.2, 0.25) is 0 Å².